The number of benzene rings is 1. The minimum Gasteiger partial charge on any atom is -0.450 e. The van der Waals surface area contributed by atoms with Crippen LogP contribution >= 0.6 is 23.8 Å². The Morgan fingerprint density at radius 2 is 1.81 bits per heavy atom. The van der Waals surface area contributed by atoms with Gasteiger partial charge in [0.05, 0.1) is 4.51 Å². The standard InChI is InChI=1S/C10H4ClF3OS/c11-7-8(16)5-3-1-2-4-6(5)15-9(7)10(12,13)14/h1-4H. The molecule has 0 spiro atoms. The first-order valence-corrected chi connectivity index (χ1v) is 4.98. The molecule has 1 heterocycles. The molecule has 6 heteroatoms. The zero-order valence-electron chi connectivity index (χ0n) is 7.64. The summed E-state index contributed by atoms with van der Waals surface area (Å²) in [4.78, 5) is 0. The predicted octanol–water partition coefficient (Wildman–Crippen LogP) is 4.83. The number of rotatable bonds is 0. The first-order chi connectivity index (χ1) is 7.41. The van der Waals surface area contributed by atoms with Crippen LogP contribution in [-0.2, 0) is 6.18 Å². The van der Waals surface area contributed by atoms with E-state index in [1.165, 1.54) is 6.07 Å². The summed E-state index contributed by atoms with van der Waals surface area (Å²) in [6.45, 7) is 0. The van der Waals surface area contributed by atoms with Crippen molar-refractivity contribution in [1.82, 2.24) is 0 Å². The van der Waals surface area contributed by atoms with Gasteiger partial charge in [-0.15, -0.1) is 0 Å². The maximum Gasteiger partial charge on any atom is 0.451 e. The minimum absolute atomic E-state index is 0.0455. The first-order valence-electron chi connectivity index (χ1n) is 4.20. The third-order valence-corrected chi connectivity index (χ3v) is 2.90. The second kappa shape index (κ2) is 3.75. The highest BCUT2D eigenvalue weighted by molar-refractivity contribution is 7.71. The van der Waals surface area contributed by atoms with Crippen LogP contribution in [0.5, 0.6) is 0 Å². The molecule has 0 atom stereocenters. The van der Waals surface area contributed by atoms with Gasteiger partial charge in [0.25, 0.3) is 0 Å². The Balaban J connectivity index is 2.90. The lowest BCUT2D eigenvalue weighted by molar-refractivity contribution is -0.152. The third kappa shape index (κ3) is 1.81. The summed E-state index contributed by atoms with van der Waals surface area (Å²) in [5, 5.41) is -0.170. The van der Waals surface area contributed by atoms with Crippen LogP contribution in [0.3, 0.4) is 0 Å². The molecule has 0 aliphatic heterocycles. The molecule has 16 heavy (non-hydrogen) atoms. The topological polar surface area (TPSA) is 13.1 Å². The van der Waals surface area contributed by atoms with Crippen molar-refractivity contribution in [2.45, 2.75) is 6.18 Å². The summed E-state index contributed by atoms with van der Waals surface area (Å²) in [7, 11) is 0. The van der Waals surface area contributed by atoms with Gasteiger partial charge in [-0.25, -0.2) is 0 Å². The lowest BCUT2D eigenvalue weighted by Gasteiger charge is -2.09. The highest BCUT2D eigenvalue weighted by Gasteiger charge is 2.37. The number of fused-ring (bicyclic) bond motifs is 1. The van der Waals surface area contributed by atoms with Crippen molar-refractivity contribution in [3.63, 3.8) is 0 Å². The van der Waals surface area contributed by atoms with E-state index in [0.29, 0.717) is 5.39 Å². The molecule has 0 saturated heterocycles. The van der Waals surface area contributed by atoms with E-state index in [0.717, 1.165) is 0 Å². The number of hydrogen-bond donors (Lipinski definition) is 0. The van der Waals surface area contributed by atoms with E-state index < -0.39 is 17.0 Å². The Labute approximate surface area is 98.4 Å². The van der Waals surface area contributed by atoms with Crippen molar-refractivity contribution < 1.29 is 17.6 Å². The number of para-hydroxylation sites is 1. The van der Waals surface area contributed by atoms with Crippen molar-refractivity contribution in [2.24, 2.45) is 0 Å². The molecule has 0 bridgehead atoms. The maximum atomic E-state index is 12.5. The van der Waals surface area contributed by atoms with Crippen LogP contribution < -0.4 is 0 Å². The smallest absolute Gasteiger partial charge is 0.450 e. The van der Waals surface area contributed by atoms with Gasteiger partial charge in [0, 0.05) is 5.39 Å². The van der Waals surface area contributed by atoms with Crippen LogP contribution in [-0.4, -0.2) is 0 Å². The molecule has 0 aliphatic rings. The number of alkyl halides is 3. The average Bonchev–Trinajstić information content (AvgIpc) is 2.22. The summed E-state index contributed by atoms with van der Waals surface area (Å²) >= 11 is 10.4. The van der Waals surface area contributed by atoms with Crippen LogP contribution in [0.4, 0.5) is 13.2 Å². The Morgan fingerprint density at radius 1 is 1.19 bits per heavy atom. The van der Waals surface area contributed by atoms with Gasteiger partial charge < -0.3 is 4.42 Å². The van der Waals surface area contributed by atoms with E-state index in [2.05, 4.69) is 0 Å². The van der Waals surface area contributed by atoms with Gasteiger partial charge in [0.1, 0.15) is 10.6 Å². The molecule has 0 fully saturated rings. The normalized spacial score (nSPS) is 12.0. The first kappa shape index (κ1) is 11.4. The molecule has 0 amide bonds. The molecule has 0 N–H and O–H groups in total. The van der Waals surface area contributed by atoms with Crippen molar-refractivity contribution in [3.05, 3.63) is 39.6 Å². The molecule has 1 nitrogen and oxygen atoms in total. The zero-order chi connectivity index (χ0) is 11.9. The molecule has 2 aromatic rings. The monoisotopic (exact) mass is 264 g/mol. The van der Waals surface area contributed by atoms with E-state index in [4.69, 9.17) is 28.2 Å². The molecule has 1 aromatic carbocycles. The molecular formula is C10H4ClF3OS. The van der Waals surface area contributed by atoms with Crippen LogP contribution in [0.25, 0.3) is 11.0 Å². The predicted molar refractivity (Wildman–Crippen MR) is 57.1 cm³/mol. The molecule has 84 valence electrons. The highest BCUT2D eigenvalue weighted by Crippen LogP contribution is 2.37. The molecule has 0 radical (unpaired) electrons. The summed E-state index contributed by atoms with van der Waals surface area (Å²) in [5.74, 6) is -1.25. The largest absolute Gasteiger partial charge is 0.451 e. The van der Waals surface area contributed by atoms with Crippen LogP contribution in [0.1, 0.15) is 5.76 Å². The Morgan fingerprint density at radius 3 is 2.44 bits per heavy atom. The van der Waals surface area contributed by atoms with Gasteiger partial charge in [0.15, 0.2) is 0 Å². The quantitative estimate of drug-likeness (QED) is 0.632. The Bertz CT molecular complexity index is 603. The molecule has 2 rings (SSSR count). The van der Waals surface area contributed by atoms with Crippen molar-refractivity contribution in [3.8, 4) is 0 Å². The minimum atomic E-state index is -4.64. The van der Waals surface area contributed by atoms with E-state index in [-0.39, 0.29) is 10.1 Å². The van der Waals surface area contributed by atoms with Crippen LogP contribution in [0.2, 0.25) is 5.02 Å². The highest BCUT2D eigenvalue weighted by atomic mass is 35.5. The number of hydrogen-bond acceptors (Lipinski definition) is 2. The SMILES string of the molecule is FC(F)(F)c1oc2ccccc2c(=S)c1Cl. The summed E-state index contributed by atoms with van der Waals surface area (Å²) < 4.78 is 42.3. The van der Waals surface area contributed by atoms with Gasteiger partial charge in [-0.3, -0.25) is 0 Å². The maximum absolute atomic E-state index is 12.5. The average molecular weight is 265 g/mol. The lowest BCUT2D eigenvalue weighted by atomic mass is 10.2. The zero-order valence-corrected chi connectivity index (χ0v) is 9.21. The fourth-order valence-electron chi connectivity index (χ4n) is 1.30. The van der Waals surface area contributed by atoms with Crippen molar-refractivity contribution >= 4 is 34.8 Å². The molecular weight excluding hydrogens is 261 g/mol. The molecule has 1 aromatic heterocycles. The van der Waals surface area contributed by atoms with Crippen LogP contribution in [0, 0.1) is 4.51 Å². The lowest BCUT2D eigenvalue weighted by Crippen LogP contribution is -2.06. The summed E-state index contributed by atoms with van der Waals surface area (Å²) in [6.07, 6.45) is -4.64. The molecule has 0 saturated carbocycles. The van der Waals surface area contributed by atoms with Gasteiger partial charge in [-0.2, -0.15) is 13.2 Å². The van der Waals surface area contributed by atoms with Gasteiger partial charge in [-0.1, -0.05) is 36.0 Å². The van der Waals surface area contributed by atoms with Crippen molar-refractivity contribution in [2.75, 3.05) is 0 Å². The van der Waals surface area contributed by atoms with E-state index in [9.17, 15) is 13.2 Å². The molecule has 0 aliphatic carbocycles. The van der Waals surface area contributed by atoms with E-state index in [1.807, 2.05) is 0 Å². The van der Waals surface area contributed by atoms with Gasteiger partial charge >= 0.3 is 6.18 Å². The van der Waals surface area contributed by atoms with E-state index in [1.54, 1.807) is 18.2 Å². The fourth-order valence-corrected chi connectivity index (χ4v) is 1.81. The molecule has 0 unspecified atom stereocenters. The second-order valence-electron chi connectivity index (χ2n) is 3.07. The Hall–Kier alpha value is -1.07. The van der Waals surface area contributed by atoms with E-state index >= 15 is 0 Å². The van der Waals surface area contributed by atoms with Crippen molar-refractivity contribution in [1.29, 1.82) is 0 Å². The van der Waals surface area contributed by atoms with Gasteiger partial charge in [0.2, 0.25) is 5.76 Å². The summed E-state index contributed by atoms with van der Waals surface area (Å²) in [6, 6.07) is 6.19. The van der Waals surface area contributed by atoms with Crippen LogP contribution in [0.15, 0.2) is 28.7 Å². The number of halogens is 4. The second-order valence-corrected chi connectivity index (χ2v) is 3.85. The fraction of sp³-hybridized carbons (Fsp3) is 0.100. The third-order valence-electron chi connectivity index (χ3n) is 2.00. The summed E-state index contributed by atoms with van der Waals surface area (Å²) in [5.41, 5.74) is 0.0734. The van der Waals surface area contributed by atoms with Gasteiger partial charge in [-0.05, 0) is 12.1 Å². The Kier molecular flexibility index (Phi) is 2.67.